The zero-order valence-electron chi connectivity index (χ0n) is 7.98. The highest BCUT2D eigenvalue weighted by atomic mass is 32.2. The first-order valence-electron chi connectivity index (χ1n) is 3.95. The molecule has 0 aromatic carbocycles. The summed E-state index contributed by atoms with van der Waals surface area (Å²) < 4.78 is 21.3. The average molecular weight is 202 g/mol. The van der Waals surface area contributed by atoms with Crippen LogP contribution in [-0.2, 0) is 10.0 Å². The van der Waals surface area contributed by atoms with Crippen molar-refractivity contribution in [2.75, 3.05) is 0 Å². The quantitative estimate of drug-likeness (QED) is 0.740. The van der Waals surface area contributed by atoms with Crippen molar-refractivity contribution in [1.82, 2.24) is 4.98 Å². The van der Waals surface area contributed by atoms with Gasteiger partial charge in [0.25, 0.3) is 10.0 Å². The zero-order chi connectivity index (χ0) is 10.5. The van der Waals surface area contributed by atoms with Crippen molar-refractivity contribution in [3.8, 4) is 0 Å². The van der Waals surface area contributed by atoms with E-state index < -0.39 is 10.0 Å². The Balaban J connectivity index is 0.000000671. The summed E-state index contributed by atoms with van der Waals surface area (Å²) in [6.45, 7) is 5.82. The minimum Gasteiger partial charge on any atom is -0.243 e. The van der Waals surface area contributed by atoms with Crippen LogP contribution in [-0.4, -0.2) is 13.4 Å². The monoisotopic (exact) mass is 202 g/mol. The number of sulfonamides is 1. The normalized spacial score (nSPS) is 10.2. The van der Waals surface area contributed by atoms with Gasteiger partial charge in [-0.25, -0.2) is 18.5 Å². The topological polar surface area (TPSA) is 73.1 Å². The van der Waals surface area contributed by atoms with Crippen LogP contribution in [0.2, 0.25) is 0 Å². The molecule has 13 heavy (non-hydrogen) atoms. The SMILES string of the molecule is CC.Cc1ccc(S(N)(=O)=O)nc1. The third kappa shape index (κ3) is 4.00. The largest absolute Gasteiger partial charge is 0.255 e. The van der Waals surface area contributed by atoms with Crippen molar-refractivity contribution in [3.63, 3.8) is 0 Å². The molecular weight excluding hydrogens is 188 g/mol. The molecule has 4 nitrogen and oxygen atoms in total. The molecular formula is C8H14N2O2S. The van der Waals surface area contributed by atoms with E-state index in [9.17, 15) is 8.42 Å². The minimum absolute atomic E-state index is 0.0944. The van der Waals surface area contributed by atoms with Gasteiger partial charge in [-0.3, -0.25) is 0 Å². The fourth-order valence-corrected chi connectivity index (χ4v) is 1.08. The molecule has 0 amide bonds. The number of nitrogens with zero attached hydrogens (tertiary/aromatic N) is 1. The molecule has 0 saturated heterocycles. The van der Waals surface area contributed by atoms with Crippen LogP contribution < -0.4 is 5.14 Å². The Bertz CT molecular complexity index is 343. The van der Waals surface area contributed by atoms with Crippen LogP contribution in [0.15, 0.2) is 23.4 Å². The highest BCUT2D eigenvalue weighted by Crippen LogP contribution is 2.02. The number of aromatic nitrogens is 1. The van der Waals surface area contributed by atoms with Crippen LogP contribution in [0.1, 0.15) is 19.4 Å². The Morgan fingerprint density at radius 1 is 1.31 bits per heavy atom. The molecule has 0 bridgehead atoms. The number of aryl methyl sites for hydroxylation is 1. The summed E-state index contributed by atoms with van der Waals surface area (Å²) in [5, 5.41) is 4.72. The van der Waals surface area contributed by atoms with Gasteiger partial charge in [0.1, 0.15) is 0 Å². The summed E-state index contributed by atoms with van der Waals surface area (Å²) in [5.74, 6) is 0. The van der Waals surface area contributed by atoms with Crippen molar-refractivity contribution in [2.24, 2.45) is 5.14 Å². The molecule has 0 fully saturated rings. The van der Waals surface area contributed by atoms with Crippen molar-refractivity contribution in [2.45, 2.75) is 25.8 Å². The molecule has 0 aliphatic heterocycles. The maximum absolute atomic E-state index is 10.7. The van der Waals surface area contributed by atoms with Gasteiger partial charge in [-0.15, -0.1) is 0 Å². The summed E-state index contributed by atoms with van der Waals surface area (Å²) in [7, 11) is -3.63. The number of hydrogen-bond donors (Lipinski definition) is 1. The predicted octanol–water partition coefficient (Wildman–Crippen LogP) is 1.06. The summed E-state index contributed by atoms with van der Waals surface area (Å²) in [5.41, 5.74) is 0.900. The van der Waals surface area contributed by atoms with Gasteiger partial charge < -0.3 is 0 Å². The molecule has 5 heteroatoms. The van der Waals surface area contributed by atoms with Crippen molar-refractivity contribution < 1.29 is 8.42 Å². The second-order valence-corrected chi connectivity index (χ2v) is 3.73. The molecule has 1 aromatic heterocycles. The summed E-state index contributed by atoms with van der Waals surface area (Å²) in [6.07, 6.45) is 1.46. The van der Waals surface area contributed by atoms with E-state index >= 15 is 0 Å². The second kappa shape index (κ2) is 4.94. The van der Waals surface area contributed by atoms with Gasteiger partial charge in [-0.2, -0.15) is 0 Å². The molecule has 1 heterocycles. The first-order valence-corrected chi connectivity index (χ1v) is 5.50. The van der Waals surface area contributed by atoms with E-state index in [4.69, 9.17) is 5.14 Å². The smallest absolute Gasteiger partial charge is 0.243 e. The molecule has 1 aromatic rings. The lowest BCUT2D eigenvalue weighted by Crippen LogP contribution is -2.13. The van der Waals surface area contributed by atoms with Gasteiger partial charge in [0.15, 0.2) is 5.03 Å². The molecule has 74 valence electrons. The van der Waals surface area contributed by atoms with E-state index in [1.807, 2.05) is 20.8 Å². The van der Waals surface area contributed by atoms with E-state index in [0.717, 1.165) is 5.56 Å². The van der Waals surface area contributed by atoms with E-state index in [0.29, 0.717) is 0 Å². The number of pyridine rings is 1. The summed E-state index contributed by atoms with van der Waals surface area (Å²) >= 11 is 0. The van der Waals surface area contributed by atoms with Crippen LogP contribution >= 0.6 is 0 Å². The summed E-state index contributed by atoms with van der Waals surface area (Å²) in [6, 6.07) is 3.03. The van der Waals surface area contributed by atoms with E-state index in [2.05, 4.69) is 4.98 Å². The van der Waals surface area contributed by atoms with Crippen LogP contribution in [0.3, 0.4) is 0 Å². The highest BCUT2D eigenvalue weighted by Gasteiger charge is 2.06. The van der Waals surface area contributed by atoms with Crippen LogP contribution in [0.5, 0.6) is 0 Å². The van der Waals surface area contributed by atoms with Crippen molar-refractivity contribution >= 4 is 10.0 Å². The van der Waals surface area contributed by atoms with Crippen LogP contribution in [0, 0.1) is 6.92 Å². The molecule has 0 saturated carbocycles. The Morgan fingerprint density at radius 2 is 1.85 bits per heavy atom. The molecule has 0 aliphatic carbocycles. The van der Waals surface area contributed by atoms with Gasteiger partial charge in [0, 0.05) is 6.20 Å². The van der Waals surface area contributed by atoms with Gasteiger partial charge in [0.2, 0.25) is 0 Å². The lowest BCUT2D eigenvalue weighted by molar-refractivity contribution is 0.594. The second-order valence-electron chi connectivity index (χ2n) is 2.22. The highest BCUT2D eigenvalue weighted by molar-refractivity contribution is 7.89. The summed E-state index contributed by atoms with van der Waals surface area (Å²) in [4.78, 5) is 3.64. The van der Waals surface area contributed by atoms with Crippen LogP contribution in [0.25, 0.3) is 0 Å². The Hall–Kier alpha value is -0.940. The predicted molar refractivity (Wildman–Crippen MR) is 51.7 cm³/mol. The maximum atomic E-state index is 10.7. The molecule has 0 spiro atoms. The lowest BCUT2D eigenvalue weighted by atomic mass is 10.3. The molecule has 0 aliphatic rings. The van der Waals surface area contributed by atoms with Crippen molar-refractivity contribution in [1.29, 1.82) is 0 Å². The average Bonchev–Trinajstić information content (AvgIpc) is 2.07. The number of nitrogens with two attached hydrogens (primary N) is 1. The minimum atomic E-state index is -3.63. The van der Waals surface area contributed by atoms with E-state index in [-0.39, 0.29) is 5.03 Å². The Morgan fingerprint density at radius 3 is 2.15 bits per heavy atom. The fourth-order valence-electron chi connectivity index (χ4n) is 0.623. The molecule has 1 rings (SSSR count). The number of hydrogen-bond acceptors (Lipinski definition) is 3. The maximum Gasteiger partial charge on any atom is 0.255 e. The Kier molecular flexibility index (Phi) is 4.58. The van der Waals surface area contributed by atoms with E-state index in [1.165, 1.54) is 12.3 Å². The van der Waals surface area contributed by atoms with Gasteiger partial charge in [-0.1, -0.05) is 19.9 Å². The lowest BCUT2D eigenvalue weighted by Gasteiger charge is -1.95. The number of primary sulfonamides is 1. The fraction of sp³-hybridized carbons (Fsp3) is 0.375. The van der Waals surface area contributed by atoms with E-state index in [1.54, 1.807) is 6.07 Å². The molecule has 0 radical (unpaired) electrons. The number of rotatable bonds is 1. The first-order chi connectivity index (χ1) is 6.00. The van der Waals surface area contributed by atoms with Gasteiger partial charge in [0.05, 0.1) is 0 Å². The zero-order valence-corrected chi connectivity index (χ0v) is 8.80. The van der Waals surface area contributed by atoms with Gasteiger partial charge in [-0.05, 0) is 18.6 Å². The Labute approximate surface area is 78.9 Å². The first kappa shape index (κ1) is 12.1. The molecule has 0 unspecified atom stereocenters. The van der Waals surface area contributed by atoms with Crippen molar-refractivity contribution in [3.05, 3.63) is 23.9 Å². The molecule has 0 atom stereocenters. The standard InChI is InChI=1S/C6H8N2O2S.C2H6/c1-5-2-3-6(8-4-5)11(7,9)10;1-2/h2-4H,1H3,(H2,7,9,10);1-2H3. The van der Waals surface area contributed by atoms with Gasteiger partial charge >= 0.3 is 0 Å². The third-order valence-electron chi connectivity index (χ3n) is 1.18. The molecule has 2 N–H and O–H groups in total. The third-order valence-corrected chi connectivity index (χ3v) is 2.00. The van der Waals surface area contributed by atoms with Crippen LogP contribution in [0.4, 0.5) is 0 Å².